The minimum atomic E-state index is -0.870. The number of ether oxygens (including phenoxy) is 2. The summed E-state index contributed by atoms with van der Waals surface area (Å²) in [6.07, 6.45) is 10.1. The third-order valence-corrected chi connectivity index (χ3v) is 11.1. The lowest BCUT2D eigenvalue weighted by Crippen LogP contribution is -2.58. The molecule has 35 heavy (non-hydrogen) atoms. The van der Waals surface area contributed by atoms with Crippen LogP contribution in [0.5, 0.6) is 0 Å². The van der Waals surface area contributed by atoms with Crippen molar-refractivity contribution in [2.45, 2.75) is 85.2 Å². The maximum atomic E-state index is 12.4. The maximum Gasteiger partial charge on any atom is 0.320 e. The van der Waals surface area contributed by atoms with Gasteiger partial charge >= 0.3 is 11.9 Å². The average Bonchev–Trinajstić information content (AvgIpc) is 3.20. The molecular weight excluding hydrogens is 440 g/mol. The van der Waals surface area contributed by atoms with Crippen molar-refractivity contribution in [1.29, 1.82) is 0 Å². The molecule has 0 aromatic rings. The molecule has 0 aliphatic heterocycles. The first kappa shape index (κ1) is 26.4. The molecule has 0 spiro atoms. The van der Waals surface area contributed by atoms with Crippen LogP contribution in [0.2, 0.25) is 0 Å². The summed E-state index contributed by atoms with van der Waals surface area (Å²) in [6, 6.07) is 0. The van der Waals surface area contributed by atoms with Gasteiger partial charge in [-0.05, 0) is 91.8 Å². The fraction of sp³-hybridized carbons (Fsp3) is 0.800. The summed E-state index contributed by atoms with van der Waals surface area (Å²) in [5.74, 6) is 0.205. The molecule has 0 aromatic carbocycles. The van der Waals surface area contributed by atoms with Crippen molar-refractivity contribution in [2.75, 3.05) is 14.2 Å². The van der Waals surface area contributed by atoms with Gasteiger partial charge < -0.3 is 14.6 Å². The van der Waals surface area contributed by atoms with E-state index in [0.29, 0.717) is 30.1 Å². The van der Waals surface area contributed by atoms with Gasteiger partial charge in [-0.25, -0.2) is 0 Å². The molecule has 4 aliphatic rings. The molecule has 0 heterocycles. The minimum Gasteiger partial charge on any atom is -0.468 e. The van der Waals surface area contributed by atoms with E-state index >= 15 is 0 Å². The van der Waals surface area contributed by atoms with Crippen molar-refractivity contribution in [2.24, 2.45) is 52.3 Å². The van der Waals surface area contributed by atoms with E-state index in [0.717, 1.165) is 44.9 Å². The van der Waals surface area contributed by atoms with Gasteiger partial charge in [0.1, 0.15) is 0 Å². The van der Waals surface area contributed by atoms with E-state index in [9.17, 15) is 14.7 Å². The van der Waals surface area contributed by atoms with Crippen molar-refractivity contribution in [3.05, 3.63) is 23.8 Å². The molecule has 9 atom stereocenters. The number of aliphatic hydroxyl groups excluding tert-OH is 1. The highest BCUT2D eigenvalue weighted by molar-refractivity contribution is 5.94. The summed E-state index contributed by atoms with van der Waals surface area (Å²) in [4.78, 5) is 24.7. The number of allylic oxidation sites excluding steroid dienone is 2. The summed E-state index contributed by atoms with van der Waals surface area (Å²) >= 11 is 0. The Morgan fingerprint density at radius 3 is 2.37 bits per heavy atom. The summed E-state index contributed by atoms with van der Waals surface area (Å²) in [5.41, 5.74) is 2.92. The zero-order valence-corrected chi connectivity index (χ0v) is 22.6. The fourth-order valence-corrected chi connectivity index (χ4v) is 9.36. The largest absolute Gasteiger partial charge is 0.468 e. The van der Waals surface area contributed by atoms with Crippen LogP contribution >= 0.6 is 0 Å². The molecule has 0 bridgehead atoms. The predicted octanol–water partition coefficient (Wildman–Crippen LogP) is 5.72. The number of carbonyl (C=O) groups is 2. The van der Waals surface area contributed by atoms with Crippen LogP contribution in [0, 0.1) is 52.3 Å². The van der Waals surface area contributed by atoms with Crippen molar-refractivity contribution in [3.8, 4) is 0 Å². The van der Waals surface area contributed by atoms with Gasteiger partial charge in [-0.1, -0.05) is 51.5 Å². The topological polar surface area (TPSA) is 72.8 Å². The van der Waals surface area contributed by atoms with E-state index in [1.807, 2.05) is 0 Å². The normalized spacial score (nSPS) is 41.4. The Morgan fingerprint density at radius 2 is 1.77 bits per heavy atom. The second-order valence-corrected chi connectivity index (χ2v) is 12.5. The molecule has 3 fully saturated rings. The Balaban J connectivity index is 1.62. The molecule has 0 amide bonds. The van der Waals surface area contributed by atoms with Gasteiger partial charge in [0.25, 0.3) is 0 Å². The summed E-state index contributed by atoms with van der Waals surface area (Å²) in [6.45, 7) is 13.6. The molecule has 4 rings (SSSR count). The standard InChI is InChI=1S/C30H46O5/c1-8-19-24-15-17(2)11-13-30(24,5)23-12-14-29(4)21(9-10-22(29)25(23)26(19)31)18(3)16-20(27(32)34-6)28(33)35-7/h15,18-23,25-26,31H,2,8-14,16H2,1,3-7H3/t18-,19+,21?,22?,23?,25?,26-,29-,30-/m1/s1. The summed E-state index contributed by atoms with van der Waals surface area (Å²) in [5, 5.41) is 11.9. The van der Waals surface area contributed by atoms with E-state index in [1.54, 1.807) is 0 Å². The number of hydrogen-bond donors (Lipinski definition) is 1. The molecule has 1 N–H and O–H groups in total. The zero-order chi connectivity index (χ0) is 25.7. The van der Waals surface area contributed by atoms with Gasteiger partial charge in [0.2, 0.25) is 0 Å². The number of aliphatic hydroxyl groups is 1. The first-order valence-electron chi connectivity index (χ1n) is 13.8. The summed E-state index contributed by atoms with van der Waals surface area (Å²) in [7, 11) is 2.66. The number of hydrogen-bond acceptors (Lipinski definition) is 5. The molecule has 5 heteroatoms. The second kappa shape index (κ2) is 9.68. The molecular formula is C30H46O5. The quantitative estimate of drug-likeness (QED) is 0.384. The fourth-order valence-electron chi connectivity index (χ4n) is 9.36. The van der Waals surface area contributed by atoms with Crippen LogP contribution in [0.1, 0.15) is 79.1 Å². The van der Waals surface area contributed by atoms with Gasteiger partial charge in [-0.15, -0.1) is 0 Å². The molecule has 0 radical (unpaired) electrons. The molecule has 3 saturated carbocycles. The van der Waals surface area contributed by atoms with E-state index < -0.39 is 17.9 Å². The van der Waals surface area contributed by atoms with Gasteiger partial charge in [0.15, 0.2) is 5.92 Å². The van der Waals surface area contributed by atoms with Crippen LogP contribution in [0.3, 0.4) is 0 Å². The smallest absolute Gasteiger partial charge is 0.320 e. The highest BCUT2D eigenvalue weighted by Crippen LogP contribution is 2.69. The van der Waals surface area contributed by atoms with Crippen LogP contribution in [-0.2, 0) is 19.1 Å². The van der Waals surface area contributed by atoms with Gasteiger partial charge in [-0.2, -0.15) is 0 Å². The third-order valence-electron chi connectivity index (χ3n) is 11.1. The van der Waals surface area contributed by atoms with Crippen LogP contribution in [0.4, 0.5) is 0 Å². The van der Waals surface area contributed by atoms with E-state index in [4.69, 9.17) is 9.47 Å². The molecule has 196 valence electrons. The lowest BCUT2D eigenvalue weighted by Gasteiger charge is -2.62. The first-order valence-corrected chi connectivity index (χ1v) is 13.8. The minimum absolute atomic E-state index is 0.104. The molecule has 0 aromatic heterocycles. The Hall–Kier alpha value is -1.62. The Morgan fingerprint density at radius 1 is 1.11 bits per heavy atom. The van der Waals surface area contributed by atoms with E-state index in [2.05, 4.69) is 40.3 Å². The highest BCUT2D eigenvalue weighted by atomic mass is 16.5. The monoisotopic (exact) mass is 486 g/mol. The summed E-state index contributed by atoms with van der Waals surface area (Å²) < 4.78 is 9.85. The highest BCUT2D eigenvalue weighted by Gasteiger charge is 2.63. The predicted molar refractivity (Wildman–Crippen MR) is 136 cm³/mol. The maximum absolute atomic E-state index is 12.4. The number of methoxy groups -OCH3 is 2. The number of carbonyl (C=O) groups excluding carboxylic acids is 2. The third kappa shape index (κ3) is 4.10. The van der Waals surface area contributed by atoms with Crippen molar-refractivity contribution >= 4 is 11.9 Å². The SMILES string of the molecule is C=C1C=C2[C@H](CC)[C@@H](O)C3C4CCC([C@H](C)CC(C(=O)OC)C(=O)OC)[C@@]4(C)CCC3[C@@]2(C)CC1. The Kier molecular flexibility index (Phi) is 7.32. The van der Waals surface area contributed by atoms with Crippen LogP contribution in [-0.4, -0.2) is 37.4 Å². The molecule has 5 nitrogen and oxygen atoms in total. The van der Waals surface area contributed by atoms with E-state index in [1.165, 1.54) is 25.4 Å². The van der Waals surface area contributed by atoms with Gasteiger partial charge in [-0.3, -0.25) is 9.59 Å². The zero-order valence-electron chi connectivity index (χ0n) is 22.6. The van der Waals surface area contributed by atoms with Crippen LogP contribution in [0.15, 0.2) is 23.8 Å². The van der Waals surface area contributed by atoms with Gasteiger partial charge in [0.05, 0.1) is 20.3 Å². The van der Waals surface area contributed by atoms with Crippen molar-refractivity contribution in [1.82, 2.24) is 0 Å². The van der Waals surface area contributed by atoms with E-state index in [-0.39, 0.29) is 28.8 Å². The second-order valence-electron chi connectivity index (χ2n) is 12.5. The average molecular weight is 487 g/mol. The molecule has 0 saturated heterocycles. The Bertz CT molecular complexity index is 875. The lowest BCUT2D eigenvalue weighted by atomic mass is 9.43. The van der Waals surface area contributed by atoms with Crippen molar-refractivity contribution < 1.29 is 24.2 Å². The molecule has 4 aliphatic carbocycles. The van der Waals surface area contributed by atoms with Crippen LogP contribution in [0.25, 0.3) is 0 Å². The van der Waals surface area contributed by atoms with Crippen molar-refractivity contribution in [3.63, 3.8) is 0 Å². The molecule has 4 unspecified atom stereocenters. The number of fused-ring (bicyclic) bond motifs is 5. The number of esters is 2. The number of rotatable bonds is 6. The lowest BCUT2D eigenvalue weighted by molar-refractivity contribution is -0.160. The van der Waals surface area contributed by atoms with Crippen LogP contribution < -0.4 is 0 Å². The van der Waals surface area contributed by atoms with Gasteiger partial charge in [0, 0.05) is 5.92 Å². The first-order chi connectivity index (χ1) is 16.5. The Labute approximate surface area is 211 Å².